The summed E-state index contributed by atoms with van der Waals surface area (Å²) in [6, 6.07) is 9.20. The molecule has 0 saturated carbocycles. The van der Waals surface area contributed by atoms with Crippen molar-refractivity contribution >= 4 is 29.2 Å². The second-order valence-corrected chi connectivity index (χ2v) is 5.64. The number of hydrogen-bond donors (Lipinski definition) is 1. The molecule has 1 aromatic carbocycles. The van der Waals surface area contributed by atoms with Crippen molar-refractivity contribution in [3.63, 3.8) is 0 Å². The van der Waals surface area contributed by atoms with E-state index < -0.39 is 0 Å². The molecule has 4 nitrogen and oxygen atoms in total. The van der Waals surface area contributed by atoms with Crippen LogP contribution in [0.2, 0.25) is 0 Å². The first-order valence-electron chi connectivity index (χ1n) is 6.86. The third-order valence-corrected chi connectivity index (χ3v) is 3.90. The van der Waals surface area contributed by atoms with Crippen LogP contribution in [0.1, 0.15) is 21.5 Å². The molecule has 114 valence electrons. The van der Waals surface area contributed by atoms with Crippen molar-refractivity contribution < 1.29 is 9.59 Å². The molecule has 0 radical (unpaired) electrons. The summed E-state index contributed by atoms with van der Waals surface area (Å²) in [5, 5.41) is 6.54. The fourth-order valence-electron chi connectivity index (χ4n) is 1.92. The maximum absolute atomic E-state index is 12.0. The molecular weight excluding hydrogens is 296 g/mol. The number of rotatable bonds is 5. The van der Waals surface area contributed by atoms with Gasteiger partial charge in [0, 0.05) is 32.3 Å². The summed E-state index contributed by atoms with van der Waals surface area (Å²) in [6.07, 6.45) is 3.38. The Morgan fingerprint density at radius 2 is 1.95 bits per heavy atom. The molecule has 0 aliphatic rings. The molecule has 0 atom stereocenters. The fourth-order valence-corrected chi connectivity index (χ4v) is 2.55. The average molecular weight is 314 g/mol. The summed E-state index contributed by atoms with van der Waals surface area (Å²) in [7, 11) is 3.36. The van der Waals surface area contributed by atoms with Gasteiger partial charge in [0.25, 0.3) is 5.91 Å². The molecule has 2 amide bonds. The van der Waals surface area contributed by atoms with Crippen LogP contribution in [0.3, 0.4) is 0 Å². The smallest absolute Gasteiger partial charge is 0.251 e. The zero-order valence-electron chi connectivity index (χ0n) is 12.6. The van der Waals surface area contributed by atoms with E-state index in [1.165, 1.54) is 0 Å². The van der Waals surface area contributed by atoms with Crippen LogP contribution < -0.4 is 5.32 Å². The highest BCUT2D eigenvalue weighted by molar-refractivity contribution is 7.08. The Balaban J connectivity index is 1.94. The monoisotopic (exact) mass is 314 g/mol. The van der Waals surface area contributed by atoms with Crippen molar-refractivity contribution in [3.8, 4) is 0 Å². The molecule has 5 heteroatoms. The van der Waals surface area contributed by atoms with E-state index in [0.717, 1.165) is 11.1 Å². The topological polar surface area (TPSA) is 49.4 Å². The van der Waals surface area contributed by atoms with Gasteiger partial charge >= 0.3 is 0 Å². The fraction of sp³-hybridized carbons (Fsp3) is 0.176. The predicted molar refractivity (Wildman–Crippen MR) is 89.7 cm³/mol. The Kier molecular flexibility index (Phi) is 5.49. The van der Waals surface area contributed by atoms with Gasteiger partial charge in [-0.25, -0.2) is 0 Å². The van der Waals surface area contributed by atoms with Crippen molar-refractivity contribution in [3.05, 3.63) is 63.9 Å². The standard InChI is InChI=1S/C17H18N2O2S/c1-18-17(21)15-6-3-13(4-7-15)11-19(2)16(20)8-5-14-9-10-22-12-14/h3-10,12H,11H2,1-2H3,(H,18,21)/b8-5+. The second-order valence-electron chi connectivity index (χ2n) is 4.86. The summed E-state index contributed by atoms with van der Waals surface area (Å²) in [5.74, 6) is -0.170. The van der Waals surface area contributed by atoms with Gasteiger partial charge in [-0.05, 0) is 46.2 Å². The molecule has 2 rings (SSSR count). The molecule has 22 heavy (non-hydrogen) atoms. The van der Waals surface area contributed by atoms with Gasteiger partial charge in [-0.2, -0.15) is 11.3 Å². The highest BCUT2D eigenvalue weighted by Crippen LogP contribution is 2.10. The van der Waals surface area contributed by atoms with Gasteiger partial charge in [0.15, 0.2) is 0 Å². The number of carbonyl (C=O) groups is 2. The lowest BCUT2D eigenvalue weighted by atomic mass is 10.1. The van der Waals surface area contributed by atoms with E-state index in [-0.39, 0.29) is 11.8 Å². The van der Waals surface area contributed by atoms with Gasteiger partial charge in [0.2, 0.25) is 5.91 Å². The molecule has 0 spiro atoms. The molecule has 1 heterocycles. The van der Waals surface area contributed by atoms with Gasteiger partial charge in [-0.3, -0.25) is 9.59 Å². The molecular formula is C17H18N2O2S. The summed E-state index contributed by atoms with van der Waals surface area (Å²) in [6.45, 7) is 0.501. The van der Waals surface area contributed by atoms with E-state index in [1.807, 2.05) is 35.0 Å². The zero-order valence-corrected chi connectivity index (χ0v) is 13.4. The number of likely N-dealkylation sites (N-methyl/N-ethyl adjacent to an activating group) is 1. The Bertz CT molecular complexity index is 660. The quantitative estimate of drug-likeness (QED) is 0.863. The van der Waals surface area contributed by atoms with Crippen LogP contribution in [0.5, 0.6) is 0 Å². The number of thiophene rings is 1. The van der Waals surface area contributed by atoms with Gasteiger partial charge in [-0.1, -0.05) is 12.1 Å². The van der Waals surface area contributed by atoms with E-state index in [9.17, 15) is 9.59 Å². The minimum Gasteiger partial charge on any atom is -0.355 e. The van der Waals surface area contributed by atoms with E-state index in [1.54, 1.807) is 48.5 Å². The highest BCUT2D eigenvalue weighted by atomic mass is 32.1. The average Bonchev–Trinajstić information content (AvgIpc) is 3.06. The van der Waals surface area contributed by atoms with E-state index in [0.29, 0.717) is 12.1 Å². The Morgan fingerprint density at radius 3 is 2.55 bits per heavy atom. The molecule has 0 fully saturated rings. The first-order chi connectivity index (χ1) is 10.6. The zero-order chi connectivity index (χ0) is 15.9. The summed E-state index contributed by atoms with van der Waals surface area (Å²) in [4.78, 5) is 25.1. The van der Waals surface area contributed by atoms with E-state index >= 15 is 0 Å². The van der Waals surface area contributed by atoms with Gasteiger partial charge in [0.05, 0.1) is 0 Å². The van der Waals surface area contributed by atoms with Crippen molar-refractivity contribution in [1.29, 1.82) is 0 Å². The van der Waals surface area contributed by atoms with Crippen LogP contribution >= 0.6 is 11.3 Å². The first-order valence-corrected chi connectivity index (χ1v) is 7.81. The number of benzene rings is 1. The van der Waals surface area contributed by atoms with Crippen molar-refractivity contribution in [2.24, 2.45) is 0 Å². The van der Waals surface area contributed by atoms with Crippen molar-refractivity contribution in [2.45, 2.75) is 6.54 Å². The number of hydrogen-bond acceptors (Lipinski definition) is 3. The third kappa shape index (κ3) is 4.30. The Labute approximate surface area is 134 Å². The predicted octanol–water partition coefficient (Wildman–Crippen LogP) is 2.78. The second kappa shape index (κ2) is 7.56. The third-order valence-electron chi connectivity index (χ3n) is 3.20. The van der Waals surface area contributed by atoms with Crippen LogP contribution in [0, 0.1) is 0 Å². The van der Waals surface area contributed by atoms with Gasteiger partial charge in [-0.15, -0.1) is 0 Å². The van der Waals surface area contributed by atoms with Gasteiger partial charge < -0.3 is 10.2 Å². The lowest BCUT2D eigenvalue weighted by Crippen LogP contribution is -2.24. The summed E-state index contributed by atoms with van der Waals surface area (Å²) in [5.41, 5.74) is 2.62. The maximum Gasteiger partial charge on any atom is 0.251 e. The lowest BCUT2D eigenvalue weighted by Gasteiger charge is -2.15. The lowest BCUT2D eigenvalue weighted by molar-refractivity contribution is -0.125. The number of carbonyl (C=O) groups excluding carboxylic acids is 2. The van der Waals surface area contributed by atoms with Crippen LogP contribution in [0.15, 0.2) is 47.2 Å². The number of nitrogens with one attached hydrogen (secondary N) is 1. The maximum atomic E-state index is 12.0. The number of nitrogens with zero attached hydrogens (tertiary/aromatic N) is 1. The van der Waals surface area contributed by atoms with Gasteiger partial charge in [0.1, 0.15) is 0 Å². The van der Waals surface area contributed by atoms with Crippen LogP contribution in [0.4, 0.5) is 0 Å². The molecule has 1 aromatic heterocycles. The molecule has 0 aliphatic carbocycles. The summed E-state index contributed by atoms with van der Waals surface area (Å²) < 4.78 is 0. The normalized spacial score (nSPS) is 10.6. The van der Waals surface area contributed by atoms with E-state index in [4.69, 9.17) is 0 Å². The molecule has 0 unspecified atom stereocenters. The highest BCUT2D eigenvalue weighted by Gasteiger charge is 2.07. The SMILES string of the molecule is CNC(=O)c1ccc(CN(C)C(=O)/C=C/c2ccsc2)cc1. The van der Waals surface area contributed by atoms with Crippen molar-refractivity contribution in [1.82, 2.24) is 10.2 Å². The number of amides is 2. The largest absolute Gasteiger partial charge is 0.355 e. The van der Waals surface area contributed by atoms with E-state index in [2.05, 4.69) is 5.32 Å². The summed E-state index contributed by atoms with van der Waals surface area (Å²) >= 11 is 1.60. The Morgan fingerprint density at radius 1 is 1.23 bits per heavy atom. The molecule has 0 saturated heterocycles. The first kappa shape index (κ1) is 16.0. The molecule has 2 aromatic rings. The molecule has 0 aliphatic heterocycles. The minimum atomic E-state index is -0.116. The minimum absolute atomic E-state index is 0.0541. The molecule has 0 bridgehead atoms. The Hall–Kier alpha value is -2.40. The van der Waals surface area contributed by atoms with Crippen LogP contribution in [-0.2, 0) is 11.3 Å². The van der Waals surface area contributed by atoms with Crippen LogP contribution in [-0.4, -0.2) is 30.8 Å². The van der Waals surface area contributed by atoms with Crippen molar-refractivity contribution in [2.75, 3.05) is 14.1 Å². The van der Waals surface area contributed by atoms with Crippen LogP contribution in [0.25, 0.3) is 6.08 Å². The molecule has 1 N–H and O–H groups in total.